The fourth-order valence-electron chi connectivity index (χ4n) is 2.88. The number of nitrogens with one attached hydrogen (secondary N) is 2. The van der Waals surface area contributed by atoms with Crippen LogP contribution in [-0.4, -0.2) is 19.0 Å². The molecule has 0 heterocycles. The largest absolute Gasteiger partial charge is 0.324 e. The number of carbonyl (C=O) groups excluding carboxylic acids is 1. The summed E-state index contributed by atoms with van der Waals surface area (Å²) < 4.78 is 0.919. The first-order chi connectivity index (χ1) is 9.74. The number of hydrogen-bond donors (Lipinski definition) is 2. The molecule has 3 nitrogen and oxygen atoms in total. The molecule has 2 aliphatic carbocycles. The Morgan fingerprint density at radius 2 is 1.85 bits per heavy atom. The van der Waals surface area contributed by atoms with Crippen LogP contribution in [0.4, 0.5) is 5.69 Å². The minimum atomic E-state index is 0.0299. The number of para-hydroxylation sites is 1. The predicted octanol–water partition coefficient (Wildman–Crippen LogP) is 3.41. The highest BCUT2D eigenvalue weighted by Gasteiger charge is 2.40. The molecule has 1 aromatic rings. The lowest BCUT2D eigenvalue weighted by Crippen LogP contribution is -2.33. The van der Waals surface area contributed by atoms with Crippen LogP contribution in [0.25, 0.3) is 0 Å². The van der Waals surface area contributed by atoms with Crippen molar-refractivity contribution in [1.82, 2.24) is 5.32 Å². The lowest BCUT2D eigenvalue weighted by atomic mass is 9.98. The Balaban J connectivity index is 1.41. The molecular formula is C16H21BrN2O. The van der Waals surface area contributed by atoms with Gasteiger partial charge in [-0.05, 0) is 78.0 Å². The maximum atomic E-state index is 11.9. The zero-order valence-electron chi connectivity index (χ0n) is 11.6. The molecule has 2 fully saturated rings. The van der Waals surface area contributed by atoms with Gasteiger partial charge in [0.25, 0.3) is 0 Å². The van der Waals surface area contributed by atoms with Gasteiger partial charge in [0.2, 0.25) is 5.91 Å². The first-order valence-electron chi connectivity index (χ1n) is 7.49. The van der Waals surface area contributed by atoms with Gasteiger partial charge >= 0.3 is 0 Å². The number of halogens is 1. The van der Waals surface area contributed by atoms with Crippen LogP contribution < -0.4 is 10.6 Å². The highest BCUT2D eigenvalue weighted by atomic mass is 79.9. The maximum absolute atomic E-state index is 11.9. The molecule has 0 atom stereocenters. The van der Waals surface area contributed by atoms with Gasteiger partial charge in [0, 0.05) is 4.47 Å². The predicted molar refractivity (Wildman–Crippen MR) is 84.6 cm³/mol. The zero-order chi connectivity index (χ0) is 13.9. The molecule has 3 rings (SSSR count). The third kappa shape index (κ3) is 3.83. The Kier molecular flexibility index (Phi) is 4.41. The van der Waals surface area contributed by atoms with Gasteiger partial charge in [-0.1, -0.05) is 12.1 Å². The summed E-state index contributed by atoms with van der Waals surface area (Å²) in [5.74, 6) is 2.70. The number of anilines is 1. The van der Waals surface area contributed by atoms with Crippen molar-refractivity contribution in [1.29, 1.82) is 0 Å². The summed E-state index contributed by atoms with van der Waals surface area (Å²) in [5.41, 5.74) is 0.834. The molecule has 0 spiro atoms. The molecule has 20 heavy (non-hydrogen) atoms. The fraction of sp³-hybridized carbons (Fsp3) is 0.562. The van der Waals surface area contributed by atoms with Crippen molar-refractivity contribution in [3.05, 3.63) is 28.7 Å². The van der Waals surface area contributed by atoms with Gasteiger partial charge in [0.15, 0.2) is 0 Å². The number of carbonyl (C=O) groups is 1. The summed E-state index contributed by atoms with van der Waals surface area (Å²) in [6.07, 6.45) is 5.58. The van der Waals surface area contributed by atoms with E-state index in [0.29, 0.717) is 6.54 Å². The summed E-state index contributed by atoms with van der Waals surface area (Å²) in [7, 11) is 0. The van der Waals surface area contributed by atoms with E-state index < -0.39 is 0 Å². The van der Waals surface area contributed by atoms with Gasteiger partial charge in [0.05, 0.1) is 12.2 Å². The highest BCUT2D eigenvalue weighted by molar-refractivity contribution is 9.10. The van der Waals surface area contributed by atoms with Gasteiger partial charge < -0.3 is 10.6 Å². The zero-order valence-corrected chi connectivity index (χ0v) is 13.2. The lowest BCUT2D eigenvalue weighted by Gasteiger charge is -2.16. The lowest BCUT2D eigenvalue weighted by molar-refractivity contribution is -0.115. The average Bonchev–Trinajstić information content (AvgIpc) is 3.30. The van der Waals surface area contributed by atoms with Crippen LogP contribution in [0.15, 0.2) is 28.7 Å². The summed E-state index contributed by atoms with van der Waals surface area (Å²) >= 11 is 3.44. The Morgan fingerprint density at radius 3 is 2.45 bits per heavy atom. The van der Waals surface area contributed by atoms with Crippen molar-refractivity contribution < 1.29 is 4.79 Å². The number of amides is 1. The molecule has 0 radical (unpaired) electrons. The van der Waals surface area contributed by atoms with Gasteiger partial charge in [-0.3, -0.25) is 4.79 Å². The Morgan fingerprint density at radius 1 is 1.20 bits per heavy atom. The molecule has 2 N–H and O–H groups in total. The van der Waals surface area contributed by atoms with Crippen molar-refractivity contribution in [2.24, 2.45) is 17.8 Å². The second kappa shape index (κ2) is 6.27. The van der Waals surface area contributed by atoms with Crippen LogP contribution in [0.5, 0.6) is 0 Å². The summed E-state index contributed by atoms with van der Waals surface area (Å²) in [6.45, 7) is 1.40. The Labute approximate surface area is 128 Å². The van der Waals surface area contributed by atoms with Crippen LogP contribution in [0, 0.1) is 17.8 Å². The minimum absolute atomic E-state index is 0.0299. The van der Waals surface area contributed by atoms with Crippen LogP contribution in [0.3, 0.4) is 0 Å². The van der Waals surface area contributed by atoms with Crippen molar-refractivity contribution in [3.8, 4) is 0 Å². The molecule has 0 aromatic heterocycles. The van der Waals surface area contributed by atoms with Crippen LogP contribution in [-0.2, 0) is 4.79 Å². The van der Waals surface area contributed by atoms with Gasteiger partial charge in [-0.25, -0.2) is 0 Å². The van der Waals surface area contributed by atoms with E-state index in [1.807, 2.05) is 24.3 Å². The topological polar surface area (TPSA) is 41.1 Å². The molecule has 2 saturated carbocycles. The van der Waals surface area contributed by atoms with E-state index in [9.17, 15) is 4.79 Å². The average molecular weight is 337 g/mol. The Hall–Kier alpha value is -0.870. The first-order valence-corrected chi connectivity index (χ1v) is 8.28. The molecule has 2 aliphatic rings. The number of rotatable bonds is 7. The summed E-state index contributed by atoms with van der Waals surface area (Å²) in [5, 5.41) is 6.27. The van der Waals surface area contributed by atoms with Gasteiger partial charge in [-0.2, -0.15) is 0 Å². The number of benzene rings is 1. The molecular weight excluding hydrogens is 316 g/mol. The Bertz CT molecular complexity index is 471. The van der Waals surface area contributed by atoms with E-state index in [0.717, 1.165) is 34.5 Å². The van der Waals surface area contributed by atoms with E-state index in [1.54, 1.807) is 0 Å². The van der Waals surface area contributed by atoms with E-state index >= 15 is 0 Å². The quantitative estimate of drug-likeness (QED) is 0.801. The molecule has 0 unspecified atom stereocenters. The third-order valence-corrected chi connectivity index (χ3v) is 4.96. The smallest absolute Gasteiger partial charge is 0.238 e. The SMILES string of the molecule is O=C(CNCC(C1CC1)C1CC1)Nc1ccccc1Br. The monoisotopic (exact) mass is 336 g/mol. The van der Waals surface area contributed by atoms with E-state index in [4.69, 9.17) is 0 Å². The normalized spacial score (nSPS) is 18.3. The highest BCUT2D eigenvalue weighted by Crippen LogP contribution is 2.48. The van der Waals surface area contributed by atoms with Crippen LogP contribution in [0.1, 0.15) is 25.7 Å². The molecule has 0 bridgehead atoms. The van der Waals surface area contributed by atoms with Gasteiger partial charge in [-0.15, -0.1) is 0 Å². The van der Waals surface area contributed by atoms with Gasteiger partial charge in [0.1, 0.15) is 0 Å². The van der Waals surface area contributed by atoms with Crippen LogP contribution in [0.2, 0.25) is 0 Å². The van der Waals surface area contributed by atoms with Crippen molar-refractivity contribution >= 4 is 27.5 Å². The minimum Gasteiger partial charge on any atom is -0.324 e. The third-order valence-electron chi connectivity index (χ3n) is 4.27. The van der Waals surface area contributed by atoms with Crippen molar-refractivity contribution in [2.75, 3.05) is 18.4 Å². The first kappa shape index (κ1) is 14.1. The van der Waals surface area contributed by atoms with Crippen LogP contribution >= 0.6 is 15.9 Å². The summed E-state index contributed by atoms with van der Waals surface area (Å²) in [4.78, 5) is 11.9. The molecule has 1 aromatic carbocycles. The molecule has 1 amide bonds. The van der Waals surface area contributed by atoms with E-state index in [-0.39, 0.29) is 5.91 Å². The van der Waals surface area contributed by atoms with E-state index in [2.05, 4.69) is 26.6 Å². The number of hydrogen-bond acceptors (Lipinski definition) is 2. The molecule has 4 heteroatoms. The molecule has 0 aliphatic heterocycles. The second-order valence-electron chi connectivity index (χ2n) is 6.00. The second-order valence-corrected chi connectivity index (χ2v) is 6.85. The van der Waals surface area contributed by atoms with E-state index in [1.165, 1.54) is 25.7 Å². The maximum Gasteiger partial charge on any atom is 0.238 e. The fourth-order valence-corrected chi connectivity index (χ4v) is 3.26. The standard InChI is InChI=1S/C16H21BrN2O/c17-14-3-1-2-4-15(14)19-16(20)10-18-9-13(11-5-6-11)12-7-8-12/h1-4,11-13,18H,5-10H2,(H,19,20). The molecule has 0 saturated heterocycles. The summed E-state index contributed by atoms with van der Waals surface area (Å²) in [6, 6.07) is 7.69. The van der Waals surface area contributed by atoms with Crippen molar-refractivity contribution in [2.45, 2.75) is 25.7 Å². The van der Waals surface area contributed by atoms with Crippen molar-refractivity contribution in [3.63, 3.8) is 0 Å². The molecule has 108 valence electrons.